The standard InChI is InChI=1S/C9H9F3N2/c10-7-1-2-8(13-5-7)14-4-3-9(11,12)6-14/h1-2,5H,3-4,6H2. The van der Waals surface area contributed by atoms with Crippen LogP contribution in [-0.2, 0) is 0 Å². The summed E-state index contributed by atoms with van der Waals surface area (Å²) in [5.41, 5.74) is 0. The van der Waals surface area contributed by atoms with Gasteiger partial charge in [-0.15, -0.1) is 0 Å². The molecule has 1 aromatic rings. The summed E-state index contributed by atoms with van der Waals surface area (Å²) in [5, 5.41) is 0. The molecular weight excluding hydrogens is 193 g/mol. The lowest BCUT2D eigenvalue weighted by Gasteiger charge is -2.16. The van der Waals surface area contributed by atoms with Crippen molar-refractivity contribution in [3.05, 3.63) is 24.1 Å². The van der Waals surface area contributed by atoms with Crippen molar-refractivity contribution < 1.29 is 13.2 Å². The molecule has 0 unspecified atom stereocenters. The van der Waals surface area contributed by atoms with Gasteiger partial charge in [0.2, 0.25) is 0 Å². The van der Waals surface area contributed by atoms with Crippen LogP contribution < -0.4 is 4.90 Å². The van der Waals surface area contributed by atoms with Crippen LogP contribution in [0.2, 0.25) is 0 Å². The first-order valence-corrected chi connectivity index (χ1v) is 4.31. The lowest BCUT2D eigenvalue weighted by Crippen LogP contribution is -2.25. The molecule has 0 spiro atoms. The van der Waals surface area contributed by atoms with Crippen LogP contribution >= 0.6 is 0 Å². The molecule has 0 bridgehead atoms. The zero-order valence-corrected chi connectivity index (χ0v) is 7.38. The first-order chi connectivity index (χ1) is 6.57. The summed E-state index contributed by atoms with van der Waals surface area (Å²) in [6.07, 6.45) is 0.873. The van der Waals surface area contributed by atoms with Crippen LogP contribution in [0.4, 0.5) is 19.0 Å². The smallest absolute Gasteiger partial charge is 0.266 e. The normalized spacial score (nSPS) is 20.1. The maximum atomic E-state index is 12.8. The van der Waals surface area contributed by atoms with Gasteiger partial charge in [0, 0.05) is 13.0 Å². The molecule has 0 saturated carbocycles. The van der Waals surface area contributed by atoms with Crippen molar-refractivity contribution in [2.75, 3.05) is 18.0 Å². The van der Waals surface area contributed by atoms with E-state index in [2.05, 4.69) is 4.98 Å². The Morgan fingerprint density at radius 2 is 2.14 bits per heavy atom. The van der Waals surface area contributed by atoms with Gasteiger partial charge in [-0.05, 0) is 12.1 Å². The van der Waals surface area contributed by atoms with Gasteiger partial charge in [0.15, 0.2) is 0 Å². The number of hydrogen-bond donors (Lipinski definition) is 0. The van der Waals surface area contributed by atoms with E-state index in [9.17, 15) is 13.2 Å². The molecule has 5 heteroatoms. The summed E-state index contributed by atoms with van der Waals surface area (Å²) < 4.78 is 38.1. The van der Waals surface area contributed by atoms with Gasteiger partial charge in [0.1, 0.15) is 11.6 Å². The Bertz CT molecular complexity index is 323. The highest BCUT2D eigenvalue weighted by molar-refractivity contribution is 5.39. The monoisotopic (exact) mass is 202 g/mol. The minimum absolute atomic E-state index is 0.161. The number of rotatable bonds is 1. The second kappa shape index (κ2) is 3.15. The molecule has 0 N–H and O–H groups in total. The Kier molecular flexibility index (Phi) is 2.09. The van der Waals surface area contributed by atoms with E-state index in [0.29, 0.717) is 5.82 Å². The summed E-state index contributed by atoms with van der Waals surface area (Å²) in [5.74, 6) is -2.70. The molecule has 1 fully saturated rings. The van der Waals surface area contributed by atoms with Gasteiger partial charge >= 0.3 is 0 Å². The van der Waals surface area contributed by atoms with Gasteiger partial charge in [-0.1, -0.05) is 0 Å². The van der Waals surface area contributed by atoms with Crippen LogP contribution in [0.5, 0.6) is 0 Å². The Labute approximate surface area is 79.4 Å². The fourth-order valence-corrected chi connectivity index (χ4v) is 1.49. The number of halogens is 3. The third-order valence-electron chi connectivity index (χ3n) is 2.21. The second-order valence-electron chi connectivity index (χ2n) is 3.36. The molecule has 1 aliphatic rings. The average Bonchev–Trinajstić information content (AvgIpc) is 2.47. The molecular formula is C9H9F3N2. The minimum atomic E-state index is -2.64. The van der Waals surface area contributed by atoms with Crippen molar-refractivity contribution in [2.45, 2.75) is 12.3 Å². The molecule has 1 aliphatic heterocycles. The molecule has 2 rings (SSSR count). The first-order valence-electron chi connectivity index (χ1n) is 4.31. The molecule has 76 valence electrons. The average molecular weight is 202 g/mol. The second-order valence-corrected chi connectivity index (χ2v) is 3.36. The van der Waals surface area contributed by atoms with Gasteiger partial charge in [-0.2, -0.15) is 0 Å². The van der Waals surface area contributed by atoms with Crippen LogP contribution in [-0.4, -0.2) is 24.0 Å². The number of aromatic nitrogens is 1. The molecule has 0 aromatic carbocycles. The van der Waals surface area contributed by atoms with Crippen LogP contribution in [0.15, 0.2) is 18.3 Å². The lowest BCUT2D eigenvalue weighted by atomic mass is 10.3. The van der Waals surface area contributed by atoms with Gasteiger partial charge in [-0.25, -0.2) is 18.2 Å². The lowest BCUT2D eigenvalue weighted by molar-refractivity contribution is 0.0257. The van der Waals surface area contributed by atoms with Crippen molar-refractivity contribution in [2.24, 2.45) is 0 Å². The van der Waals surface area contributed by atoms with E-state index in [4.69, 9.17) is 0 Å². The van der Waals surface area contributed by atoms with E-state index in [0.717, 1.165) is 6.20 Å². The predicted molar refractivity (Wildman–Crippen MR) is 46.0 cm³/mol. The number of hydrogen-bond acceptors (Lipinski definition) is 2. The van der Waals surface area contributed by atoms with Crippen LogP contribution in [0, 0.1) is 5.82 Å². The van der Waals surface area contributed by atoms with E-state index < -0.39 is 11.7 Å². The first kappa shape index (κ1) is 9.30. The maximum absolute atomic E-state index is 12.8. The third-order valence-corrected chi connectivity index (χ3v) is 2.21. The largest absolute Gasteiger partial charge is 0.350 e. The zero-order valence-electron chi connectivity index (χ0n) is 7.38. The quantitative estimate of drug-likeness (QED) is 0.693. The van der Waals surface area contributed by atoms with Crippen molar-refractivity contribution in [3.8, 4) is 0 Å². The SMILES string of the molecule is Fc1ccc(N2CCC(F)(F)C2)nc1. The van der Waals surface area contributed by atoms with Crippen molar-refractivity contribution in [1.29, 1.82) is 0 Å². The Hall–Kier alpha value is -1.26. The minimum Gasteiger partial charge on any atom is -0.350 e. The fourth-order valence-electron chi connectivity index (χ4n) is 1.49. The van der Waals surface area contributed by atoms with Gasteiger partial charge in [0.05, 0.1) is 12.7 Å². The van der Waals surface area contributed by atoms with E-state index in [1.807, 2.05) is 0 Å². The molecule has 0 radical (unpaired) electrons. The Morgan fingerprint density at radius 1 is 1.36 bits per heavy atom. The van der Waals surface area contributed by atoms with Crippen molar-refractivity contribution in [3.63, 3.8) is 0 Å². The van der Waals surface area contributed by atoms with E-state index >= 15 is 0 Å². The molecule has 2 nitrogen and oxygen atoms in total. The molecule has 1 aromatic heterocycles. The molecule has 0 aliphatic carbocycles. The fraction of sp³-hybridized carbons (Fsp3) is 0.444. The van der Waals surface area contributed by atoms with Crippen molar-refractivity contribution >= 4 is 5.82 Å². The summed E-state index contributed by atoms with van der Waals surface area (Å²) in [6, 6.07) is 2.63. The third kappa shape index (κ3) is 1.81. The summed E-state index contributed by atoms with van der Waals surface area (Å²) >= 11 is 0. The summed E-state index contributed by atoms with van der Waals surface area (Å²) in [4.78, 5) is 5.20. The van der Waals surface area contributed by atoms with Gasteiger partial charge in [0.25, 0.3) is 5.92 Å². The molecule has 2 heterocycles. The highest BCUT2D eigenvalue weighted by atomic mass is 19.3. The van der Waals surface area contributed by atoms with Crippen LogP contribution in [0.3, 0.4) is 0 Å². The molecule has 0 amide bonds. The number of nitrogens with zero attached hydrogens (tertiary/aromatic N) is 2. The maximum Gasteiger partial charge on any atom is 0.266 e. The van der Waals surface area contributed by atoms with Gasteiger partial charge in [-0.3, -0.25) is 0 Å². The van der Waals surface area contributed by atoms with Crippen LogP contribution in [0.1, 0.15) is 6.42 Å². The number of alkyl halides is 2. The zero-order chi connectivity index (χ0) is 10.2. The predicted octanol–water partition coefficient (Wildman–Crippen LogP) is 2.07. The van der Waals surface area contributed by atoms with E-state index in [1.54, 1.807) is 0 Å². The number of pyridine rings is 1. The molecule has 1 saturated heterocycles. The van der Waals surface area contributed by atoms with E-state index in [1.165, 1.54) is 17.0 Å². The van der Waals surface area contributed by atoms with E-state index in [-0.39, 0.29) is 19.5 Å². The summed E-state index contributed by atoms with van der Waals surface area (Å²) in [7, 11) is 0. The van der Waals surface area contributed by atoms with Crippen LogP contribution in [0.25, 0.3) is 0 Å². The highest BCUT2D eigenvalue weighted by Crippen LogP contribution is 2.29. The highest BCUT2D eigenvalue weighted by Gasteiger charge is 2.38. The molecule has 0 atom stereocenters. The Balaban J connectivity index is 2.14. The molecule has 14 heavy (non-hydrogen) atoms. The topological polar surface area (TPSA) is 16.1 Å². The summed E-state index contributed by atoms with van der Waals surface area (Å²) in [6.45, 7) is -0.0583. The van der Waals surface area contributed by atoms with Gasteiger partial charge < -0.3 is 4.90 Å². The Morgan fingerprint density at radius 3 is 2.64 bits per heavy atom. The number of anilines is 1. The van der Waals surface area contributed by atoms with Crippen molar-refractivity contribution in [1.82, 2.24) is 4.98 Å².